The summed E-state index contributed by atoms with van der Waals surface area (Å²) < 4.78 is 0. The van der Waals surface area contributed by atoms with Crippen molar-refractivity contribution in [1.29, 1.82) is 5.26 Å². The number of halogens is 1. The number of amides is 1. The number of hydrogen-bond acceptors (Lipinski definition) is 3. The van der Waals surface area contributed by atoms with Gasteiger partial charge < -0.3 is 5.32 Å². The molecule has 0 aliphatic heterocycles. The predicted octanol–water partition coefficient (Wildman–Crippen LogP) is 3.62. The maximum atomic E-state index is 11.9. The molecule has 0 saturated carbocycles. The van der Waals surface area contributed by atoms with Crippen molar-refractivity contribution in [3.63, 3.8) is 0 Å². The van der Waals surface area contributed by atoms with Crippen molar-refractivity contribution in [2.75, 3.05) is 0 Å². The zero-order valence-electron chi connectivity index (χ0n) is 10.5. The Morgan fingerprint density at radius 1 is 1.35 bits per heavy atom. The Morgan fingerprint density at radius 3 is 2.70 bits per heavy atom. The van der Waals surface area contributed by atoms with Crippen LogP contribution in [0.1, 0.15) is 11.1 Å². The summed E-state index contributed by atoms with van der Waals surface area (Å²) in [5, 5.41) is 16.2. The van der Waals surface area contributed by atoms with Crippen LogP contribution in [0.5, 0.6) is 0 Å². The molecule has 0 bridgehead atoms. The van der Waals surface area contributed by atoms with Crippen LogP contribution < -0.4 is 5.32 Å². The molecule has 0 unspecified atom stereocenters. The van der Waals surface area contributed by atoms with Crippen LogP contribution in [-0.2, 0) is 11.3 Å². The van der Waals surface area contributed by atoms with Crippen LogP contribution in [0.15, 0.2) is 46.7 Å². The molecule has 3 nitrogen and oxygen atoms in total. The second-order valence-corrected chi connectivity index (χ2v) is 5.25. The first-order valence-corrected chi connectivity index (χ1v) is 7.18. The highest BCUT2D eigenvalue weighted by atomic mass is 35.5. The highest BCUT2D eigenvalue weighted by molar-refractivity contribution is 7.08. The largest absolute Gasteiger partial charge is 0.347 e. The summed E-state index contributed by atoms with van der Waals surface area (Å²) in [6, 6.07) is 11.0. The Morgan fingerprint density at radius 2 is 2.10 bits per heavy atom. The average molecular weight is 303 g/mol. The molecule has 0 radical (unpaired) electrons. The number of nitriles is 1. The van der Waals surface area contributed by atoms with Crippen molar-refractivity contribution in [2.45, 2.75) is 6.54 Å². The Bertz CT molecular complexity index is 654. The normalized spacial score (nSPS) is 10.9. The fourth-order valence-electron chi connectivity index (χ4n) is 1.55. The van der Waals surface area contributed by atoms with Crippen LogP contribution in [0.25, 0.3) is 6.08 Å². The molecule has 5 heteroatoms. The van der Waals surface area contributed by atoms with E-state index in [2.05, 4.69) is 5.32 Å². The highest BCUT2D eigenvalue weighted by Crippen LogP contribution is 2.12. The minimum absolute atomic E-state index is 0.0948. The summed E-state index contributed by atoms with van der Waals surface area (Å²) >= 11 is 7.31. The molecule has 1 amide bonds. The van der Waals surface area contributed by atoms with E-state index in [1.165, 1.54) is 11.3 Å². The first-order valence-electron chi connectivity index (χ1n) is 5.85. The zero-order valence-corrected chi connectivity index (χ0v) is 12.0. The van der Waals surface area contributed by atoms with Crippen molar-refractivity contribution >= 4 is 34.9 Å². The lowest BCUT2D eigenvalue weighted by molar-refractivity contribution is -0.117. The molecule has 1 N–H and O–H groups in total. The van der Waals surface area contributed by atoms with Crippen LogP contribution in [-0.4, -0.2) is 5.91 Å². The Kier molecular flexibility index (Phi) is 4.94. The summed E-state index contributed by atoms with van der Waals surface area (Å²) in [5.74, 6) is -0.381. The highest BCUT2D eigenvalue weighted by Gasteiger charge is 2.08. The average Bonchev–Trinajstić information content (AvgIpc) is 2.97. The quantitative estimate of drug-likeness (QED) is 0.692. The second-order valence-electron chi connectivity index (χ2n) is 4.04. The molecule has 2 aromatic rings. The van der Waals surface area contributed by atoms with E-state index >= 15 is 0 Å². The lowest BCUT2D eigenvalue weighted by atomic mass is 10.2. The lowest BCUT2D eigenvalue weighted by Crippen LogP contribution is -2.23. The van der Waals surface area contributed by atoms with Gasteiger partial charge >= 0.3 is 0 Å². The van der Waals surface area contributed by atoms with Gasteiger partial charge in [-0.15, -0.1) is 0 Å². The van der Waals surface area contributed by atoms with Crippen molar-refractivity contribution in [2.24, 2.45) is 0 Å². The number of carbonyl (C=O) groups is 1. The molecule has 0 aliphatic carbocycles. The molecule has 0 atom stereocenters. The molecule has 0 fully saturated rings. The third kappa shape index (κ3) is 3.95. The summed E-state index contributed by atoms with van der Waals surface area (Å²) in [7, 11) is 0. The Labute approximate surface area is 126 Å². The van der Waals surface area contributed by atoms with Crippen LogP contribution in [0.4, 0.5) is 0 Å². The summed E-state index contributed by atoms with van der Waals surface area (Å²) in [5.41, 5.74) is 1.88. The minimum atomic E-state index is -0.381. The third-order valence-corrected chi connectivity index (χ3v) is 3.54. The van der Waals surface area contributed by atoms with Crippen LogP contribution in [0.3, 0.4) is 0 Å². The van der Waals surface area contributed by atoms with Gasteiger partial charge in [-0.3, -0.25) is 4.79 Å². The molecular weight excluding hydrogens is 292 g/mol. The van der Waals surface area contributed by atoms with Gasteiger partial charge in [0.15, 0.2) is 0 Å². The van der Waals surface area contributed by atoms with Gasteiger partial charge in [-0.2, -0.15) is 16.6 Å². The van der Waals surface area contributed by atoms with E-state index in [4.69, 9.17) is 16.9 Å². The molecule has 0 spiro atoms. The Hall–Kier alpha value is -2.09. The van der Waals surface area contributed by atoms with Gasteiger partial charge in [0.05, 0.1) is 0 Å². The third-order valence-electron chi connectivity index (χ3n) is 2.59. The smallest absolute Gasteiger partial charge is 0.262 e. The standard InChI is InChI=1S/C15H11ClN2OS/c16-14-3-1-11(2-4-14)9-18-15(19)13(8-17)7-12-5-6-20-10-12/h1-7,10H,9H2,(H,18,19)/b13-7-. The first-order chi connectivity index (χ1) is 9.69. The number of rotatable bonds is 4. The van der Waals surface area contributed by atoms with Gasteiger partial charge in [0.2, 0.25) is 0 Å². The molecule has 1 aromatic carbocycles. The van der Waals surface area contributed by atoms with E-state index in [0.717, 1.165) is 11.1 Å². The van der Waals surface area contributed by atoms with Crippen molar-refractivity contribution in [3.8, 4) is 6.07 Å². The fourth-order valence-corrected chi connectivity index (χ4v) is 2.30. The van der Waals surface area contributed by atoms with E-state index in [1.54, 1.807) is 18.2 Å². The SMILES string of the molecule is N#C/C(=C/c1ccsc1)C(=O)NCc1ccc(Cl)cc1. The van der Waals surface area contributed by atoms with Crippen LogP contribution in [0.2, 0.25) is 5.02 Å². The van der Waals surface area contributed by atoms with E-state index in [0.29, 0.717) is 11.6 Å². The van der Waals surface area contributed by atoms with E-state index in [1.807, 2.05) is 35.0 Å². The number of carbonyl (C=O) groups excluding carboxylic acids is 1. The maximum absolute atomic E-state index is 11.9. The lowest BCUT2D eigenvalue weighted by Gasteiger charge is -2.04. The van der Waals surface area contributed by atoms with Crippen molar-refractivity contribution in [3.05, 3.63) is 62.8 Å². The summed E-state index contributed by atoms with van der Waals surface area (Å²) in [4.78, 5) is 11.9. The summed E-state index contributed by atoms with van der Waals surface area (Å²) in [6.07, 6.45) is 1.58. The van der Waals surface area contributed by atoms with E-state index in [9.17, 15) is 4.79 Å². The van der Waals surface area contributed by atoms with Crippen LogP contribution >= 0.6 is 22.9 Å². The number of hydrogen-bond donors (Lipinski definition) is 1. The Balaban J connectivity index is 2.00. The van der Waals surface area contributed by atoms with Crippen molar-refractivity contribution < 1.29 is 4.79 Å². The van der Waals surface area contributed by atoms with Gasteiger partial charge in [-0.25, -0.2) is 0 Å². The van der Waals surface area contributed by atoms with Gasteiger partial charge in [0, 0.05) is 11.6 Å². The second kappa shape index (κ2) is 6.90. The summed E-state index contributed by atoms with van der Waals surface area (Å²) in [6.45, 7) is 0.360. The number of nitrogens with zero attached hydrogens (tertiary/aromatic N) is 1. The van der Waals surface area contributed by atoms with Gasteiger partial charge in [-0.1, -0.05) is 23.7 Å². The van der Waals surface area contributed by atoms with Gasteiger partial charge in [0.25, 0.3) is 5.91 Å². The predicted molar refractivity (Wildman–Crippen MR) is 81.2 cm³/mol. The van der Waals surface area contributed by atoms with E-state index in [-0.39, 0.29) is 11.5 Å². The molecule has 100 valence electrons. The molecule has 1 aromatic heterocycles. The van der Waals surface area contributed by atoms with Crippen LogP contribution in [0, 0.1) is 11.3 Å². The van der Waals surface area contributed by atoms with E-state index < -0.39 is 0 Å². The molecule has 1 heterocycles. The molecule has 0 aliphatic rings. The first kappa shape index (κ1) is 14.3. The van der Waals surface area contributed by atoms with Gasteiger partial charge in [0.1, 0.15) is 11.6 Å². The fraction of sp³-hybridized carbons (Fsp3) is 0.0667. The number of thiophene rings is 1. The zero-order chi connectivity index (χ0) is 14.4. The topological polar surface area (TPSA) is 52.9 Å². The minimum Gasteiger partial charge on any atom is -0.347 e. The molecule has 20 heavy (non-hydrogen) atoms. The molecule has 2 rings (SSSR count). The van der Waals surface area contributed by atoms with Gasteiger partial charge in [-0.05, 0) is 46.2 Å². The number of benzene rings is 1. The maximum Gasteiger partial charge on any atom is 0.262 e. The molecular formula is C15H11ClN2OS. The molecule has 0 saturated heterocycles. The number of nitrogens with one attached hydrogen (secondary N) is 1. The monoisotopic (exact) mass is 302 g/mol. The van der Waals surface area contributed by atoms with Crippen molar-refractivity contribution in [1.82, 2.24) is 5.32 Å².